The summed E-state index contributed by atoms with van der Waals surface area (Å²) >= 11 is 1.24. The van der Waals surface area contributed by atoms with Gasteiger partial charge in [-0.05, 0) is 49.9 Å². The molecule has 6 heteroatoms. The molecule has 0 aromatic heterocycles. The fourth-order valence-corrected chi connectivity index (χ4v) is 2.84. The molecule has 0 spiro atoms. The minimum atomic E-state index is -0.463. The second-order valence-electron chi connectivity index (χ2n) is 4.19. The van der Waals surface area contributed by atoms with Gasteiger partial charge in [-0.1, -0.05) is 0 Å². The van der Waals surface area contributed by atoms with Crippen molar-refractivity contribution in [2.24, 2.45) is 4.99 Å². The molecule has 1 aliphatic heterocycles. The Morgan fingerprint density at radius 3 is 2.75 bits per heavy atom. The largest absolute Gasteiger partial charge is 0.507 e. The minimum Gasteiger partial charge on any atom is -0.507 e. The van der Waals surface area contributed by atoms with E-state index in [1.807, 2.05) is 18.7 Å². The monoisotopic (exact) mass is 294 g/mol. The van der Waals surface area contributed by atoms with E-state index in [4.69, 9.17) is 0 Å². The lowest BCUT2D eigenvalue weighted by atomic mass is 10.2. The molecule has 106 valence electrons. The summed E-state index contributed by atoms with van der Waals surface area (Å²) in [5.41, 5.74) is 0.275. The third kappa shape index (κ3) is 3.01. The molecule has 0 saturated carbocycles. The topological polar surface area (TPSA) is 52.9 Å². The molecule has 20 heavy (non-hydrogen) atoms. The summed E-state index contributed by atoms with van der Waals surface area (Å²) in [6, 6.07) is 3.61. The van der Waals surface area contributed by atoms with Gasteiger partial charge in [0.05, 0.1) is 4.91 Å². The highest BCUT2D eigenvalue weighted by Gasteiger charge is 2.25. The zero-order chi connectivity index (χ0) is 14.7. The van der Waals surface area contributed by atoms with Crippen LogP contribution in [0.1, 0.15) is 19.4 Å². The van der Waals surface area contributed by atoms with Crippen molar-refractivity contribution in [3.05, 3.63) is 34.5 Å². The van der Waals surface area contributed by atoms with Gasteiger partial charge >= 0.3 is 0 Å². The molecule has 4 nitrogen and oxygen atoms in total. The first-order valence-electron chi connectivity index (χ1n) is 6.31. The number of rotatable bonds is 3. The van der Waals surface area contributed by atoms with E-state index in [9.17, 15) is 14.3 Å². The van der Waals surface area contributed by atoms with Crippen LogP contribution in [0, 0.1) is 5.82 Å². The van der Waals surface area contributed by atoms with Gasteiger partial charge in [-0.25, -0.2) is 4.39 Å². The van der Waals surface area contributed by atoms with E-state index in [-0.39, 0.29) is 17.2 Å². The number of phenolic OH excluding ortho intramolecular Hbond substituents is 1. The highest BCUT2D eigenvalue weighted by atomic mass is 32.2. The number of phenols is 1. The predicted octanol–water partition coefficient (Wildman–Crippen LogP) is 2.84. The Labute approximate surface area is 121 Å². The van der Waals surface area contributed by atoms with Crippen LogP contribution in [0.5, 0.6) is 5.75 Å². The number of nitrogens with zero attached hydrogens (tertiary/aromatic N) is 2. The molecular formula is C14H15FN2O2S. The molecule has 0 atom stereocenters. The van der Waals surface area contributed by atoms with Gasteiger partial charge in [-0.2, -0.15) is 4.99 Å². The van der Waals surface area contributed by atoms with Crippen molar-refractivity contribution in [1.29, 1.82) is 0 Å². The number of aliphatic imine (C=N–C) groups is 1. The Hall–Kier alpha value is -1.82. The number of carbonyl (C=O) groups is 1. The normalized spacial score (nSPS) is 16.6. The van der Waals surface area contributed by atoms with Crippen molar-refractivity contribution in [2.75, 3.05) is 13.1 Å². The van der Waals surface area contributed by atoms with Crippen LogP contribution < -0.4 is 0 Å². The summed E-state index contributed by atoms with van der Waals surface area (Å²) in [6.45, 7) is 5.48. The lowest BCUT2D eigenvalue weighted by Gasteiger charge is -2.18. The zero-order valence-electron chi connectivity index (χ0n) is 11.3. The fraction of sp³-hybridized carbons (Fsp3) is 0.286. The van der Waals surface area contributed by atoms with Crippen molar-refractivity contribution >= 4 is 28.9 Å². The van der Waals surface area contributed by atoms with Crippen LogP contribution in [0.4, 0.5) is 4.39 Å². The molecule has 0 fully saturated rings. The molecule has 0 unspecified atom stereocenters. The highest BCUT2D eigenvalue weighted by molar-refractivity contribution is 8.18. The molecule has 0 radical (unpaired) electrons. The number of amides is 1. The number of benzene rings is 1. The molecular weight excluding hydrogens is 279 g/mol. The van der Waals surface area contributed by atoms with Gasteiger partial charge < -0.3 is 10.0 Å². The number of hydrogen-bond acceptors (Lipinski definition) is 4. The van der Waals surface area contributed by atoms with Crippen LogP contribution in [0.2, 0.25) is 0 Å². The van der Waals surface area contributed by atoms with Crippen LogP contribution in [-0.4, -0.2) is 34.2 Å². The highest BCUT2D eigenvalue weighted by Crippen LogP contribution is 2.32. The van der Waals surface area contributed by atoms with Gasteiger partial charge in [-0.15, -0.1) is 0 Å². The van der Waals surface area contributed by atoms with E-state index in [0.29, 0.717) is 10.1 Å². The van der Waals surface area contributed by atoms with Crippen molar-refractivity contribution in [1.82, 2.24) is 4.90 Å². The first-order chi connectivity index (χ1) is 9.55. The van der Waals surface area contributed by atoms with Crippen LogP contribution in [-0.2, 0) is 4.79 Å². The molecule has 1 N–H and O–H groups in total. The quantitative estimate of drug-likeness (QED) is 0.871. The Balaban J connectivity index is 2.26. The maximum absolute atomic E-state index is 13.2. The van der Waals surface area contributed by atoms with Crippen molar-refractivity contribution in [3.63, 3.8) is 0 Å². The number of halogens is 1. The number of amidine groups is 1. The van der Waals surface area contributed by atoms with E-state index < -0.39 is 5.82 Å². The number of carbonyl (C=O) groups excluding carboxylic acids is 1. The van der Waals surface area contributed by atoms with Gasteiger partial charge in [0, 0.05) is 18.7 Å². The second kappa shape index (κ2) is 6.09. The molecule has 1 aromatic rings. The molecule has 1 aromatic carbocycles. The van der Waals surface area contributed by atoms with Crippen molar-refractivity contribution in [2.45, 2.75) is 13.8 Å². The third-order valence-corrected chi connectivity index (χ3v) is 3.96. The molecule has 1 amide bonds. The molecule has 0 aliphatic carbocycles. The van der Waals surface area contributed by atoms with E-state index >= 15 is 0 Å². The molecule has 0 saturated heterocycles. The summed E-state index contributed by atoms with van der Waals surface area (Å²) in [5.74, 6) is -0.890. The number of thioether (sulfide) groups is 1. The van der Waals surface area contributed by atoms with Crippen LogP contribution in [0.15, 0.2) is 28.1 Å². The molecule has 0 bridgehead atoms. The fourth-order valence-electron chi connectivity index (χ4n) is 1.81. The van der Waals surface area contributed by atoms with E-state index in [1.165, 1.54) is 36.0 Å². The number of aromatic hydroxyl groups is 1. The maximum Gasteiger partial charge on any atom is 0.286 e. The average Bonchev–Trinajstić information content (AvgIpc) is 2.77. The van der Waals surface area contributed by atoms with Crippen LogP contribution >= 0.6 is 11.8 Å². The van der Waals surface area contributed by atoms with Crippen LogP contribution in [0.25, 0.3) is 6.08 Å². The summed E-state index contributed by atoms with van der Waals surface area (Å²) in [5, 5.41) is 10.3. The van der Waals surface area contributed by atoms with E-state index in [1.54, 1.807) is 0 Å². The summed E-state index contributed by atoms with van der Waals surface area (Å²) < 4.78 is 13.2. The maximum atomic E-state index is 13.2. The first kappa shape index (κ1) is 14.6. The third-order valence-electron chi connectivity index (χ3n) is 2.92. The Morgan fingerprint density at radius 1 is 1.40 bits per heavy atom. The average molecular weight is 294 g/mol. The zero-order valence-corrected chi connectivity index (χ0v) is 12.1. The van der Waals surface area contributed by atoms with Gasteiger partial charge in [0.2, 0.25) is 0 Å². The summed E-state index contributed by atoms with van der Waals surface area (Å²) in [4.78, 5) is 18.2. The minimum absolute atomic E-state index is 0.0661. The van der Waals surface area contributed by atoms with Gasteiger partial charge in [0.15, 0.2) is 5.17 Å². The van der Waals surface area contributed by atoms with Crippen molar-refractivity contribution in [3.8, 4) is 5.75 Å². The Morgan fingerprint density at radius 2 is 2.10 bits per heavy atom. The van der Waals surface area contributed by atoms with Gasteiger partial charge in [0.25, 0.3) is 5.91 Å². The van der Waals surface area contributed by atoms with Crippen LogP contribution in [0.3, 0.4) is 0 Å². The SMILES string of the molecule is CCN(CC)C1=NC(=O)/C(=C/c2cc(F)ccc2O)S1. The standard InChI is InChI=1S/C14H15FN2O2S/c1-3-17(4-2)14-16-13(19)12(20-14)8-9-7-10(15)5-6-11(9)18/h5-8,18H,3-4H2,1-2H3/b12-8-. The summed E-state index contributed by atoms with van der Waals surface area (Å²) in [6.07, 6.45) is 1.46. The smallest absolute Gasteiger partial charge is 0.286 e. The molecule has 1 heterocycles. The van der Waals surface area contributed by atoms with Gasteiger partial charge in [-0.3, -0.25) is 4.79 Å². The second-order valence-corrected chi connectivity index (χ2v) is 5.19. The first-order valence-corrected chi connectivity index (χ1v) is 7.12. The molecule has 2 rings (SSSR count). The van der Waals surface area contributed by atoms with E-state index in [0.717, 1.165) is 13.1 Å². The lowest BCUT2D eigenvalue weighted by molar-refractivity contribution is -0.113. The molecule has 1 aliphatic rings. The Bertz CT molecular complexity index is 595. The van der Waals surface area contributed by atoms with Crippen molar-refractivity contribution < 1.29 is 14.3 Å². The predicted molar refractivity (Wildman–Crippen MR) is 79.0 cm³/mol. The number of hydrogen-bond donors (Lipinski definition) is 1. The van der Waals surface area contributed by atoms with E-state index in [2.05, 4.69) is 4.99 Å². The lowest BCUT2D eigenvalue weighted by Crippen LogP contribution is -2.26. The van der Waals surface area contributed by atoms with Gasteiger partial charge in [0.1, 0.15) is 11.6 Å². The summed E-state index contributed by atoms with van der Waals surface area (Å²) in [7, 11) is 0. The Kier molecular flexibility index (Phi) is 4.44.